The van der Waals surface area contributed by atoms with Crippen LogP contribution in [-0.2, 0) is 26.0 Å². The van der Waals surface area contributed by atoms with Crippen molar-refractivity contribution >= 4 is 16.0 Å². The van der Waals surface area contributed by atoms with Gasteiger partial charge in [-0.3, -0.25) is 0 Å². The van der Waals surface area contributed by atoms with Crippen LogP contribution in [0.2, 0.25) is 0 Å². The molecule has 0 bridgehead atoms. The molecule has 0 saturated heterocycles. The van der Waals surface area contributed by atoms with Gasteiger partial charge >= 0.3 is 5.97 Å². The summed E-state index contributed by atoms with van der Waals surface area (Å²) in [5.74, 6) is -0.532. The predicted molar refractivity (Wildman–Crippen MR) is 106 cm³/mol. The molecule has 5 nitrogen and oxygen atoms in total. The van der Waals surface area contributed by atoms with E-state index in [0.29, 0.717) is 17.5 Å². The van der Waals surface area contributed by atoms with Crippen molar-refractivity contribution in [1.82, 2.24) is 4.72 Å². The van der Waals surface area contributed by atoms with Gasteiger partial charge in [-0.15, -0.1) is 0 Å². The van der Waals surface area contributed by atoms with E-state index in [1.54, 1.807) is 13.8 Å². The van der Waals surface area contributed by atoms with Crippen LogP contribution in [0.3, 0.4) is 0 Å². The number of rotatable bonds is 7. The molecule has 0 heterocycles. The van der Waals surface area contributed by atoms with E-state index < -0.39 is 22.0 Å². The molecule has 1 atom stereocenters. The Balaban J connectivity index is 2.35. The Labute approximate surface area is 161 Å². The van der Waals surface area contributed by atoms with E-state index in [4.69, 9.17) is 0 Å². The van der Waals surface area contributed by atoms with Crippen molar-refractivity contribution in [3.05, 3.63) is 76.9 Å². The molecule has 144 valence electrons. The predicted octanol–water partition coefficient (Wildman–Crippen LogP) is 3.23. The van der Waals surface area contributed by atoms with Crippen LogP contribution < -0.4 is 4.72 Å². The van der Waals surface area contributed by atoms with Crippen molar-refractivity contribution in [3.63, 3.8) is 0 Å². The number of esters is 1. The van der Waals surface area contributed by atoms with Gasteiger partial charge in [-0.25, -0.2) is 17.9 Å². The summed E-state index contributed by atoms with van der Waals surface area (Å²) in [7, 11) is -2.49. The third-order valence-corrected chi connectivity index (χ3v) is 5.94. The quantitative estimate of drug-likeness (QED) is 0.585. The van der Waals surface area contributed by atoms with Gasteiger partial charge in [0.15, 0.2) is 0 Å². The number of hydrogen-bond acceptors (Lipinski definition) is 4. The van der Waals surface area contributed by atoms with Crippen LogP contribution in [0, 0.1) is 20.8 Å². The molecule has 0 amide bonds. The molecule has 0 spiro atoms. The summed E-state index contributed by atoms with van der Waals surface area (Å²) in [6.45, 7) is 5.50. The smallest absolute Gasteiger partial charge is 0.330 e. The summed E-state index contributed by atoms with van der Waals surface area (Å²) in [4.78, 5) is 11.7. The zero-order chi connectivity index (χ0) is 20.0. The third-order valence-electron chi connectivity index (χ3n) is 4.14. The number of benzene rings is 2. The van der Waals surface area contributed by atoms with E-state index >= 15 is 0 Å². The molecule has 2 aromatic carbocycles. The van der Waals surface area contributed by atoms with Crippen LogP contribution in [0.1, 0.15) is 22.3 Å². The van der Waals surface area contributed by atoms with Crippen molar-refractivity contribution in [1.29, 1.82) is 0 Å². The molecule has 0 saturated carbocycles. The minimum absolute atomic E-state index is 0.276. The first kappa shape index (κ1) is 20.9. The molecule has 0 unspecified atom stereocenters. The lowest BCUT2D eigenvalue weighted by Gasteiger charge is -2.18. The molecule has 2 aromatic rings. The molecular formula is C21H25NO4S. The fourth-order valence-corrected chi connectivity index (χ4v) is 4.77. The lowest BCUT2D eigenvalue weighted by Crippen LogP contribution is -2.36. The highest BCUT2D eigenvalue weighted by Gasteiger charge is 2.23. The summed E-state index contributed by atoms with van der Waals surface area (Å²) >= 11 is 0. The van der Waals surface area contributed by atoms with Gasteiger partial charge in [-0.2, -0.15) is 0 Å². The van der Waals surface area contributed by atoms with Crippen LogP contribution in [0.5, 0.6) is 0 Å². The number of hydrogen-bond donors (Lipinski definition) is 1. The van der Waals surface area contributed by atoms with Crippen molar-refractivity contribution in [2.75, 3.05) is 7.11 Å². The van der Waals surface area contributed by atoms with E-state index in [9.17, 15) is 13.2 Å². The third kappa shape index (κ3) is 5.77. The SMILES string of the molecule is COC(=O)/C=C\[C@H](Cc1ccccc1)NS(=O)(=O)c1c(C)cc(C)cc1C. The molecule has 0 radical (unpaired) electrons. The Morgan fingerprint density at radius 2 is 1.70 bits per heavy atom. The van der Waals surface area contributed by atoms with Crippen LogP contribution in [0.4, 0.5) is 0 Å². The van der Waals surface area contributed by atoms with E-state index in [2.05, 4.69) is 9.46 Å². The Morgan fingerprint density at radius 3 is 2.26 bits per heavy atom. The van der Waals surface area contributed by atoms with Gasteiger partial charge in [0, 0.05) is 12.1 Å². The maximum absolute atomic E-state index is 13.0. The normalized spacial score (nSPS) is 12.9. The number of sulfonamides is 1. The summed E-state index contributed by atoms with van der Waals surface area (Å²) < 4.78 is 33.4. The topological polar surface area (TPSA) is 72.5 Å². The van der Waals surface area contributed by atoms with Gasteiger partial charge in [-0.1, -0.05) is 54.1 Å². The van der Waals surface area contributed by atoms with Gasteiger partial charge in [0.05, 0.1) is 12.0 Å². The number of carbonyl (C=O) groups is 1. The van der Waals surface area contributed by atoms with Crippen molar-refractivity contribution in [3.8, 4) is 0 Å². The van der Waals surface area contributed by atoms with E-state index in [-0.39, 0.29) is 4.90 Å². The van der Waals surface area contributed by atoms with Crippen LogP contribution >= 0.6 is 0 Å². The minimum atomic E-state index is -3.77. The number of ether oxygens (including phenoxy) is 1. The van der Waals surface area contributed by atoms with E-state index in [1.807, 2.05) is 49.4 Å². The van der Waals surface area contributed by atoms with Gasteiger partial charge in [-0.05, 0) is 43.9 Å². The fraction of sp³-hybridized carbons (Fsp3) is 0.286. The lowest BCUT2D eigenvalue weighted by atomic mass is 10.1. The molecule has 1 N–H and O–H groups in total. The number of carbonyl (C=O) groups excluding carboxylic acids is 1. The van der Waals surface area contributed by atoms with Crippen molar-refractivity contribution in [2.45, 2.75) is 38.1 Å². The lowest BCUT2D eigenvalue weighted by molar-refractivity contribution is -0.134. The molecule has 0 fully saturated rings. The van der Waals surface area contributed by atoms with Gasteiger partial charge < -0.3 is 4.74 Å². The summed E-state index contributed by atoms with van der Waals surface area (Å²) in [5.41, 5.74) is 3.35. The molecule has 27 heavy (non-hydrogen) atoms. The van der Waals surface area contributed by atoms with Crippen LogP contribution in [0.15, 0.2) is 59.5 Å². The van der Waals surface area contributed by atoms with Gasteiger partial charge in [0.2, 0.25) is 10.0 Å². The van der Waals surface area contributed by atoms with Crippen molar-refractivity contribution in [2.24, 2.45) is 0 Å². The largest absolute Gasteiger partial charge is 0.466 e. The van der Waals surface area contributed by atoms with Gasteiger partial charge in [0.25, 0.3) is 0 Å². The molecule has 0 aliphatic rings. The Kier molecular flexibility index (Phi) is 6.93. The minimum Gasteiger partial charge on any atom is -0.466 e. The number of methoxy groups -OCH3 is 1. The molecule has 0 aliphatic heterocycles. The number of nitrogens with one attached hydrogen (secondary N) is 1. The second-order valence-electron chi connectivity index (χ2n) is 6.53. The first-order chi connectivity index (χ1) is 12.7. The monoisotopic (exact) mass is 387 g/mol. The highest BCUT2D eigenvalue weighted by Crippen LogP contribution is 2.22. The van der Waals surface area contributed by atoms with Crippen molar-refractivity contribution < 1.29 is 17.9 Å². The number of aryl methyl sites for hydroxylation is 3. The van der Waals surface area contributed by atoms with E-state index in [0.717, 1.165) is 11.1 Å². The molecule has 0 aliphatic carbocycles. The summed E-state index contributed by atoms with van der Waals surface area (Å²) in [5, 5.41) is 0. The second kappa shape index (κ2) is 8.97. The molecule has 0 aromatic heterocycles. The Bertz CT molecular complexity index is 911. The molecule has 6 heteroatoms. The van der Waals surface area contributed by atoms with E-state index in [1.165, 1.54) is 19.3 Å². The molecular weight excluding hydrogens is 362 g/mol. The zero-order valence-electron chi connectivity index (χ0n) is 16.0. The standard InChI is InChI=1S/C21H25NO4S/c1-15-12-16(2)21(17(3)13-15)27(24,25)22-19(10-11-20(23)26-4)14-18-8-6-5-7-9-18/h5-13,19,22H,14H2,1-4H3/b11-10-/t19-/m1/s1. The zero-order valence-corrected chi connectivity index (χ0v) is 16.8. The Hall–Kier alpha value is -2.44. The fourth-order valence-electron chi connectivity index (χ4n) is 3.13. The second-order valence-corrected chi connectivity index (χ2v) is 8.18. The first-order valence-corrected chi connectivity index (χ1v) is 10.1. The maximum Gasteiger partial charge on any atom is 0.330 e. The average Bonchev–Trinajstić information content (AvgIpc) is 2.58. The van der Waals surface area contributed by atoms with Crippen LogP contribution in [0.25, 0.3) is 0 Å². The first-order valence-electron chi connectivity index (χ1n) is 8.63. The van der Waals surface area contributed by atoms with Crippen LogP contribution in [-0.4, -0.2) is 27.5 Å². The Morgan fingerprint density at radius 1 is 1.11 bits per heavy atom. The van der Waals surface area contributed by atoms with Gasteiger partial charge in [0.1, 0.15) is 0 Å². The highest BCUT2D eigenvalue weighted by atomic mass is 32.2. The molecule has 2 rings (SSSR count). The average molecular weight is 388 g/mol. The maximum atomic E-state index is 13.0. The summed E-state index contributed by atoms with van der Waals surface area (Å²) in [6.07, 6.45) is 3.18. The summed E-state index contributed by atoms with van der Waals surface area (Å²) in [6, 6.07) is 12.6. The highest BCUT2D eigenvalue weighted by molar-refractivity contribution is 7.89.